The molecule has 3 nitrogen and oxygen atoms in total. The molecule has 1 heterocycles. The molecule has 1 amide bonds. The van der Waals surface area contributed by atoms with Crippen LogP contribution in [-0.4, -0.2) is 35.1 Å². The van der Waals surface area contributed by atoms with E-state index in [2.05, 4.69) is 12.6 Å². The molecule has 1 aromatic rings. The average molecular weight is 223 g/mol. The van der Waals surface area contributed by atoms with E-state index in [-0.39, 0.29) is 12.0 Å². The summed E-state index contributed by atoms with van der Waals surface area (Å²) in [5.41, 5.74) is 0.606. The van der Waals surface area contributed by atoms with Crippen LogP contribution < -0.4 is 0 Å². The molecule has 4 heteroatoms. The molecule has 2 rings (SSSR count). The second-order valence-corrected chi connectivity index (χ2v) is 4.19. The number of carbonyl (C=O) groups is 1. The highest BCUT2D eigenvalue weighted by Gasteiger charge is 2.25. The van der Waals surface area contributed by atoms with Crippen molar-refractivity contribution in [3.63, 3.8) is 0 Å². The number of thiol groups is 1. The topological polar surface area (TPSA) is 40.5 Å². The van der Waals surface area contributed by atoms with Crippen LogP contribution in [0.25, 0.3) is 0 Å². The van der Waals surface area contributed by atoms with Gasteiger partial charge in [0.15, 0.2) is 0 Å². The number of rotatable bonds is 1. The van der Waals surface area contributed by atoms with Gasteiger partial charge in [-0.1, -0.05) is 12.1 Å². The van der Waals surface area contributed by atoms with E-state index in [4.69, 9.17) is 0 Å². The van der Waals surface area contributed by atoms with Crippen molar-refractivity contribution in [1.82, 2.24) is 4.90 Å². The lowest BCUT2D eigenvalue weighted by atomic mass is 10.2. The molecule has 0 bridgehead atoms. The van der Waals surface area contributed by atoms with Crippen LogP contribution in [0.15, 0.2) is 29.2 Å². The van der Waals surface area contributed by atoms with Crippen molar-refractivity contribution in [3.05, 3.63) is 29.8 Å². The highest BCUT2D eigenvalue weighted by Crippen LogP contribution is 2.18. The number of likely N-dealkylation sites (tertiary alicyclic amines) is 1. The molecular formula is C11H13NO2S. The molecular weight excluding hydrogens is 210 g/mol. The van der Waals surface area contributed by atoms with E-state index in [1.54, 1.807) is 17.0 Å². The Morgan fingerprint density at radius 3 is 2.80 bits per heavy atom. The molecule has 1 atom stereocenters. The number of β-amino-alcohol motifs (C(OH)–C–C–N with tert-alkyl or cyclic N) is 1. The van der Waals surface area contributed by atoms with Crippen LogP contribution in [0, 0.1) is 0 Å². The first kappa shape index (κ1) is 10.5. The predicted molar refractivity (Wildman–Crippen MR) is 60.2 cm³/mol. The van der Waals surface area contributed by atoms with Crippen LogP contribution in [-0.2, 0) is 0 Å². The van der Waals surface area contributed by atoms with Crippen molar-refractivity contribution in [2.24, 2.45) is 0 Å². The summed E-state index contributed by atoms with van der Waals surface area (Å²) in [5.74, 6) is -0.0443. The van der Waals surface area contributed by atoms with E-state index in [0.29, 0.717) is 30.0 Å². The summed E-state index contributed by atoms with van der Waals surface area (Å²) in [6, 6.07) is 7.22. The fraction of sp³-hybridized carbons (Fsp3) is 0.364. The lowest BCUT2D eigenvalue weighted by molar-refractivity contribution is 0.0761. The Morgan fingerprint density at radius 1 is 1.47 bits per heavy atom. The van der Waals surface area contributed by atoms with Gasteiger partial charge < -0.3 is 10.0 Å². The molecule has 0 saturated carbocycles. The fourth-order valence-electron chi connectivity index (χ4n) is 1.75. The van der Waals surface area contributed by atoms with E-state index < -0.39 is 0 Å². The van der Waals surface area contributed by atoms with Gasteiger partial charge in [-0.05, 0) is 18.6 Å². The Bertz CT molecular complexity index is 381. The van der Waals surface area contributed by atoms with Crippen molar-refractivity contribution in [3.8, 4) is 0 Å². The lowest BCUT2D eigenvalue weighted by Gasteiger charge is -2.16. The molecule has 0 radical (unpaired) electrons. The third-order valence-corrected chi connectivity index (χ3v) is 2.98. The summed E-state index contributed by atoms with van der Waals surface area (Å²) in [6.07, 6.45) is 0.293. The van der Waals surface area contributed by atoms with Crippen LogP contribution >= 0.6 is 12.6 Å². The van der Waals surface area contributed by atoms with Crippen molar-refractivity contribution in [2.75, 3.05) is 13.1 Å². The molecule has 1 fully saturated rings. The number of nitrogens with zero attached hydrogens (tertiary/aromatic N) is 1. The summed E-state index contributed by atoms with van der Waals surface area (Å²) in [7, 11) is 0. The molecule has 0 spiro atoms. The van der Waals surface area contributed by atoms with Gasteiger partial charge in [-0.15, -0.1) is 12.6 Å². The van der Waals surface area contributed by atoms with Gasteiger partial charge in [0.1, 0.15) is 0 Å². The maximum Gasteiger partial charge on any atom is 0.255 e. The maximum absolute atomic E-state index is 12.0. The maximum atomic E-state index is 12.0. The minimum Gasteiger partial charge on any atom is -0.391 e. The first-order valence-electron chi connectivity index (χ1n) is 4.94. The lowest BCUT2D eigenvalue weighted by Crippen LogP contribution is -2.29. The van der Waals surface area contributed by atoms with Crippen LogP contribution in [0.2, 0.25) is 0 Å². The number of carbonyl (C=O) groups excluding carboxylic acids is 1. The Balaban J connectivity index is 2.18. The van der Waals surface area contributed by atoms with Crippen LogP contribution in [0.4, 0.5) is 0 Å². The second kappa shape index (κ2) is 4.24. The minimum absolute atomic E-state index is 0.0443. The van der Waals surface area contributed by atoms with Crippen molar-refractivity contribution in [1.29, 1.82) is 0 Å². The fourth-order valence-corrected chi connectivity index (χ4v) is 2.01. The van der Waals surface area contributed by atoms with Gasteiger partial charge in [0.25, 0.3) is 5.91 Å². The molecule has 1 aliphatic rings. The smallest absolute Gasteiger partial charge is 0.255 e. The largest absolute Gasteiger partial charge is 0.391 e. The van der Waals surface area contributed by atoms with Crippen LogP contribution in [0.1, 0.15) is 16.8 Å². The van der Waals surface area contributed by atoms with Crippen molar-refractivity contribution >= 4 is 18.5 Å². The third kappa shape index (κ3) is 2.16. The Labute approximate surface area is 94.1 Å². The van der Waals surface area contributed by atoms with Gasteiger partial charge in [0, 0.05) is 18.0 Å². The van der Waals surface area contributed by atoms with Crippen molar-refractivity contribution < 1.29 is 9.90 Å². The first-order chi connectivity index (χ1) is 7.18. The summed E-state index contributed by atoms with van der Waals surface area (Å²) < 4.78 is 0. The highest BCUT2D eigenvalue weighted by molar-refractivity contribution is 7.80. The zero-order valence-corrected chi connectivity index (χ0v) is 9.15. The van der Waals surface area contributed by atoms with Crippen LogP contribution in [0.5, 0.6) is 0 Å². The number of aliphatic hydroxyl groups excluding tert-OH is 1. The van der Waals surface area contributed by atoms with Crippen LogP contribution in [0.3, 0.4) is 0 Å². The van der Waals surface area contributed by atoms with Gasteiger partial charge in [-0.2, -0.15) is 0 Å². The quantitative estimate of drug-likeness (QED) is 0.702. The monoisotopic (exact) mass is 223 g/mol. The average Bonchev–Trinajstić information content (AvgIpc) is 2.65. The van der Waals surface area contributed by atoms with Gasteiger partial charge in [-0.25, -0.2) is 0 Å². The molecule has 80 valence electrons. The number of hydrogen-bond acceptors (Lipinski definition) is 3. The van der Waals surface area contributed by atoms with E-state index >= 15 is 0 Å². The molecule has 15 heavy (non-hydrogen) atoms. The molecule has 1 N–H and O–H groups in total. The van der Waals surface area contributed by atoms with E-state index in [9.17, 15) is 9.90 Å². The molecule has 1 unspecified atom stereocenters. The SMILES string of the molecule is O=C(c1ccccc1S)N1CCC(O)C1. The Kier molecular flexibility index (Phi) is 2.98. The molecule has 0 aliphatic carbocycles. The van der Waals surface area contributed by atoms with E-state index in [1.807, 2.05) is 12.1 Å². The number of benzene rings is 1. The zero-order chi connectivity index (χ0) is 10.8. The van der Waals surface area contributed by atoms with E-state index in [0.717, 1.165) is 0 Å². The molecule has 1 saturated heterocycles. The number of aliphatic hydroxyl groups is 1. The Morgan fingerprint density at radius 2 is 2.20 bits per heavy atom. The van der Waals surface area contributed by atoms with Gasteiger partial charge in [0.05, 0.1) is 11.7 Å². The summed E-state index contributed by atoms with van der Waals surface area (Å²) in [4.78, 5) is 14.3. The standard InChI is InChI=1S/C11H13NO2S/c13-8-5-6-12(7-8)11(14)9-3-1-2-4-10(9)15/h1-4,8,13,15H,5-7H2. The zero-order valence-electron chi connectivity index (χ0n) is 8.26. The normalized spacial score (nSPS) is 20.7. The first-order valence-corrected chi connectivity index (χ1v) is 5.38. The summed E-state index contributed by atoms with van der Waals surface area (Å²) in [6.45, 7) is 1.06. The third-order valence-electron chi connectivity index (χ3n) is 2.59. The predicted octanol–water partition coefficient (Wildman–Crippen LogP) is 1.18. The summed E-state index contributed by atoms with van der Waals surface area (Å²) >= 11 is 4.24. The minimum atomic E-state index is -0.374. The molecule has 1 aromatic carbocycles. The molecule has 1 aliphatic heterocycles. The van der Waals surface area contributed by atoms with E-state index in [1.165, 1.54) is 0 Å². The van der Waals surface area contributed by atoms with Gasteiger partial charge in [0.2, 0.25) is 0 Å². The summed E-state index contributed by atoms with van der Waals surface area (Å²) in [5, 5.41) is 9.35. The second-order valence-electron chi connectivity index (χ2n) is 3.71. The number of hydrogen-bond donors (Lipinski definition) is 2. The van der Waals surface area contributed by atoms with Crippen molar-refractivity contribution in [2.45, 2.75) is 17.4 Å². The molecule has 0 aromatic heterocycles. The van der Waals surface area contributed by atoms with Gasteiger partial charge in [-0.3, -0.25) is 4.79 Å². The van der Waals surface area contributed by atoms with Gasteiger partial charge >= 0.3 is 0 Å². The Hall–Kier alpha value is -1.00. The highest BCUT2D eigenvalue weighted by atomic mass is 32.1. The number of amides is 1.